The van der Waals surface area contributed by atoms with Crippen LogP contribution in [0.4, 0.5) is 17.1 Å². The Balaban J connectivity index is 1.48. The molecule has 0 radical (unpaired) electrons. The molecule has 1 N–H and O–H groups in total. The fourth-order valence-corrected chi connectivity index (χ4v) is 4.58. The van der Waals surface area contributed by atoms with Crippen LogP contribution in [0.2, 0.25) is 5.02 Å². The quantitative estimate of drug-likeness (QED) is 0.144. The van der Waals surface area contributed by atoms with E-state index in [4.69, 9.17) is 21.1 Å². The molecule has 5 aromatic carbocycles. The van der Waals surface area contributed by atoms with E-state index in [0.29, 0.717) is 44.7 Å². The Kier molecular flexibility index (Phi) is 8.36. The Hall–Kier alpha value is -5.01. The zero-order valence-electron chi connectivity index (χ0n) is 22.4. The summed E-state index contributed by atoms with van der Waals surface area (Å²) >= 11 is 6.14. The number of ether oxygens (including phenoxy) is 2. The Bertz CT molecular complexity index is 1770. The normalized spacial score (nSPS) is 11.0. The molecule has 0 aromatic heterocycles. The highest BCUT2D eigenvalue weighted by molar-refractivity contribution is 6.31. The van der Waals surface area contributed by atoms with Crippen molar-refractivity contribution in [1.29, 1.82) is 0 Å². The van der Waals surface area contributed by atoms with Crippen molar-refractivity contribution in [3.63, 3.8) is 0 Å². The average Bonchev–Trinajstić information content (AvgIpc) is 3.00. The van der Waals surface area contributed by atoms with Gasteiger partial charge in [-0.1, -0.05) is 66.2 Å². The number of carbonyl (C=O) groups excluding carboxylic acids is 2. The number of hydrogen-bond acceptors (Lipinski definition) is 6. The zero-order chi connectivity index (χ0) is 28.8. The molecule has 5 rings (SSSR count). The van der Waals surface area contributed by atoms with Crippen LogP contribution in [0.1, 0.15) is 26.3 Å². The lowest BCUT2D eigenvalue weighted by Crippen LogP contribution is -2.12. The zero-order valence-corrected chi connectivity index (χ0v) is 23.2. The van der Waals surface area contributed by atoms with Crippen LogP contribution in [0, 0.1) is 0 Å². The predicted octanol–water partition coefficient (Wildman–Crippen LogP) is 8.60. The summed E-state index contributed by atoms with van der Waals surface area (Å²) < 4.78 is 10.8. The average molecular weight is 564 g/mol. The Morgan fingerprint density at radius 3 is 2.20 bits per heavy atom. The first-order chi connectivity index (χ1) is 19.9. The summed E-state index contributed by atoms with van der Waals surface area (Å²) in [6.45, 7) is 0. The molecule has 0 fully saturated rings. The lowest BCUT2D eigenvalue weighted by Gasteiger charge is -2.12. The highest BCUT2D eigenvalue weighted by Crippen LogP contribution is 2.34. The summed E-state index contributed by atoms with van der Waals surface area (Å²) in [5.41, 5.74) is 3.12. The number of halogens is 1. The summed E-state index contributed by atoms with van der Waals surface area (Å²) in [4.78, 5) is 26.3. The van der Waals surface area contributed by atoms with Crippen LogP contribution >= 0.6 is 11.6 Å². The number of carbonyl (C=O) groups is 2. The third-order valence-corrected chi connectivity index (χ3v) is 6.72. The third-order valence-electron chi connectivity index (χ3n) is 6.49. The largest absolute Gasteiger partial charge is 0.495 e. The molecule has 0 aliphatic rings. The molecule has 204 valence electrons. The number of methoxy groups -OCH3 is 2. The molecule has 8 heteroatoms. The number of fused-ring (bicyclic) bond motifs is 1. The number of amides is 1. The smallest absolute Gasteiger partial charge is 0.255 e. The van der Waals surface area contributed by atoms with E-state index in [-0.39, 0.29) is 18.1 Å². The monoisotopic (exact) mass is 563 g/mol. The molecule has 0 aliphatic carbocycles. The van der Waals surface area contributed by atoms with Gasteiger partial charge in [0.25, 0.3) is 5.91 Å². The van der Waals surface area contributed by atoms with E-state index in [0.717, 1.165) is 16.3 Å². The third kappa shape index (κ3) is 6.42. The molecule has 0 aliphatic heterocycles. The van der Waals surface area contributed by atoms with Crippen LogP contribution in [0.25, 0.3) is 10.8 Å². The number of Topliss-reactive ketones (excluding diaryl/α,β-unsaturated/α-hetero) is 1. The first kappa shape index (κ1) is 27.6. The highest BCUT2D eigenvalue weighted by Gasteiger charge is 2.15. The molecule has 5 aromatic rings. The Morgan fingerprint density at radius 1 is 0.732 bits per heavy atom. The van der Waals surface area contributed by atoms with Crippen LogP contribution in [0.5, 0.6) is 11.5 Å². The van der Waals surface area contributed by atoms with Gasteiger partial charge in [-0.05, 0) is 59.5 Å². The molecule has 0 atom stereocenters. The molecule has 0 bridgehead atoms. The predicted molar refractivity (Wildman–Crippen MR) is 162 cm³/mol. The number of rotatable bonds is 9. The number of ketones is 1. The second kappa shape index (κ2) is 12.4. The molecule has 0 unspecified atom stereocenters. The maximum Gasteiger partial charge on any atom is 0.255 e. The van der Waals surface area contributed by atoms with Crippen molar-refractivity contribution in [3.05, 3.63) is 125 Å². The van der Waals surface area contributed by atoms with E-state index in [9.17, 15) is 9.59 Å². The maximum atomic E-state index is 13.3. The Morgan fingerprint density at radius 2 is 1.41 bits per heavy atom. The molecule has 7 nitrogen and oxygen atoms in total. The van der Waals surface area contributed by atoms with E-state index < -0.39 is 0 Å². The fraction of sp³-hybridized carbons (Fsp3) is 0.0909. The highest BCUT2D eigenvalue weighted by atomic mass is 35.5. The fourth-order valence-electron chi connectivity index (χ4n) is 4.41. The van der Waals surface area contributed by atoms with E-state index in [1.807, 2.05) is 54.6 Å². The van der Waals surface area contributed by atoms with Gasteiger partial charge in [-0.25, -0.2) is 0 Å². The number of nitrogens with zero attached hydrogens (tertiary/aromatic N) is 2. The van der Waals surface area contributed by atoms with Crippen molar-refractivity contribution in [2.75, 3.05) is 19.5 Å². The minimum atomic E-state index is -0.362. The van der Waals surface area contributed by atoms with Crippen molar-refractivity contribution in [2.24, 2.45) is 10.2 Å². The lowest BCUT2D eigenvalue weighted by molar-refractivity contribution is 0.0991. The van der Waals surface area contributed by atoms with E-state index >= 15 is 0 Å². The number of nitrogens with one attached hydrogen (secondary N) is 1. The van der Waals surface area contributed by atoms with E-state index in [2.05, 4.69) is 15.5 Å². The van der Waals surface area contributed by atoms with E-state index in [1.165, 1.54) is 14.2 Å². The Labute approximate surface area is 242 Å². The standard InChI is InChI=1S/C33H26ClN3O4/c1-40-31-15-13-25(34)20-28(31)35-33(39)24-17-22-10-6-7-11-26(22)27(19-24)36-37-29-18-23(12-14-32(29)41-2)30(38)16-21-8-4-3-5-9-21/h3-15,17-20H,16H2,1-2H3,(H,35,39). The van der Waals surface area contributed by atoms with Crippen LogP contribution < -0.4 is 14.8 Å². The van der Waals surface area contributed by atoms with Crippen LogP contribution in [0.15, 0.2) is 113 Å². The summed E-state index contributed by atoms with van der Waals surface area (Å²) in [5, 5.41) is 13.9. The van der Waals surface area contributed by atoms with Gasteiger partial charge in [0.2, 0.25) is 0 Å². The van der Waals surface area contributed by atoms with Crippen molar-refractivity contribution < 1.29 is 19.1 Å². The van der Waals surface area contributed by atoms with Gasteiger partial charge in [0.15, 0.2) is 5.78 Å². The first-order valence-corrected chi connectivity index (χ1v) is 13.2. The number of benzene rings is 5. The van der Waals surface area contributed by atoms with Crippen LogP contribution in [-0.4, -0.2) is 25.9 Å². The summed E-state index contributed by atoms with van der Waals surface area (Å²) in [6.07, 6.45) is 0.267. The molecule has 0 heterocycles. The van der Waals surface area contributed by atoms with Crippen LogP contribution in [-0.2, 0) is 6.42 Å². The second-order valence-electron chi connectivity index (χ2n) is 9.19. The van der Waals surface area contributed by atoms with Crippen LogP contribution in [0.3, 0.4) is 0 Å². The molecular formula is C33H26ClN3O4. The van der Waals surface area contributed by atoms with Gasteiger partial charge in [-0.3, -0.25) is 9.59 Å². The number of azo groups is 1. The van der Waals surface area contributed by atoms with E-state index in [1.54, 1.807) is 48.5 Å². The van der Waals surface area contributed by atoms with Crippen molar-refractivity contribution in [2.45, 2.75) is 6.42 Å². The van der Waals surface area contributed by atoms with Crippen molar-refractivity contribution in [1.82, 2.24) is 0 Å². The topological polar surface area (TPSA) is 89.4 Å². The first-order valence-electron chi connectivity index (χ1n) is 12.8. The second-order valence-corrected chi connectivity index (χ2v) is 9.62. The van der Waals surface area contributed by atoms with Gasteiger partial charge >= 0.3 is 0 Å². The molecule has 0 saturated carbocycles. The summed E-state index contributed by atoms with van der Waals surface area (Å²) in [5.74, 6) is 0.545. The van der Waals surface area contributed by atoms with Crippen molar-refractivity contribution in [3.8, 4) is 11.5 Å². The van der Waals surface area contributed by atoms with Gasteiger partial charge in [-0.15, -0.1) is 10.2 Å². The summed E-state index contributed by atoms with van der Waals surface area (Å²) in [7, 11) is 3.05. The molecule has 41 heavy (non-hydrogen) atoms. The maximum absolute atomic E-state index is 13.3. The lowest BCUT2D eigenvalue weighted by atomic mass is 10.0. The minimum Gasteiger partial charge on any atom is -0.495 e. The summed E-state index contributed by atoms with van der Waals surface area (Å²) in [6, 6.07) is 30.6. The number of anilines is 1. The van der Waals surface area contributed by atoms with Gasteiger partial charge in [0.05, 0.1) is 25.6 Å². The van der Waals surface area contributed by atoms with Gasteiger partial charge in [0, 0.05) is 28.0 Å². The minimum absolute atomic E-state index is 0.0455. The van der Waals surface area contributed by atoms with Gasteiger partial charge in [0.1, 0.15) is 17.2 Å². The van der Waals surface area contributed by atoms with Gasteiger partial charge < -0.3 is 14.8 Å². The molecule has 1 amide bonds. The SMILES string of the molecule is COc1ccc(C(=O)Cc2ccccc2)cc1N=Nc1cc(C(=O)Nc2cc(Cl)ccc2OC)cc2ccccc12. The number of hydrogen-bond donors (Lipinski definition) is 1. The molecule has 0 spiro atoms. The van der Waals surface area contributed by atoms with Gasteiger partial charge in [-0.2, -0.15) is 0 Å². The van der Waals surface area contributed by atoms with Crippen molar-refractivity contribution >= 4 is 51.1 Å². The molecule has 0 saturated heterocycles. The molecular weight excluding hydrogens is 538 g/mol.